The van der Waals surface area contributed by atoms with Crippen molar-refractivity contribution >= 4 is 0 Å². The number of nitrogens with zero attached hydrogens (tertiary/aromatic N) is 3. The topological polar surface area (TPSA) is 42.7 Å². The van der Waals surface area contributed by atoms with Gasteiger partial charge in [0.05, 0.1) is 0 Å². The van der Waals surface area contributed by atoms with Crippen molar-refractivity contribution in [3.05, 3.63) is 12.2 Å². The first-order valence-corrected chi connectivity index (χ1v) is 7.75. The molecule has 1 heterocycles. The summed E-state index contributed by atoms with van der Waals surface area (Å²) in [6.45, 7) is 17.7. The molecular weight excluding hydrogens is 248 g/mol. The molecule has 1 rings (SSSR count). The van der Waals surface area contributed by atoms with Gasteiger partial charge in [-0.1, -0.05) is 27.7 Å². The summed E-state index contributed by atoms with van der Waals surface area (Å²) >= 11 is 0. The molecule has 0 aliphatic rings. The molecule has 1 N–H and O–H groups in total. The summed E-state index contributed by atoms with van der Waals surface area (Å²) in [6, 6.07) is 0. The van der Waals surface area contributed by atoms with Crippen molar-refractivity contribution in [1.29, 1.82) is 0 Å². The van der Waals surface area contributed by atoms with Crippen LogP contribution >= 0.6 is 0 Å². The fourth-order valence-electron chi connectivity index (χ4n) is 2.18. The number of rotatable bonds is 6. The highest BCUT2D eigenvalue weighted by Gasteiger charge is 2.27. The SMILES string of the molecule is CCCn1ncnc1CC(CNC(C)(C)C)C(C)(C)C. The first-order chi connectivity index (χ1) is 9.13. The van der Waals surface area contributed by atoms with E-state index in [9.17, 15) is 0 Å². The summed E-state index contributed by atoms with van der Waals surface area (Å²) in [5, 5.41) is 7.97. The van der Waals surface area contributed by atoms with E-state index in [1.165, 1.54) is 0 Å². The second-order valence-corrected chi connectivity index (χ2v) is 7.80. The van der Waals surface area contributed by atoms with E-state index in [2.05, 4.69) is 68.5 Å². The van der Waals surface area contributed by atoms with Crippen LogP contribution < -0.4 is 5.32 Å². The van der Waals surface area contributed by atoms with Gasteiger partial charge >= 0.3 is 0 Å². The Morgan fingerprint density at radius 2 is 1.85 bits per heavy atom. The average molecular weight is 280 g/mol. The van der Waals surface area contributed by atoms with E-state index in [0.29, 0.717) is 5.92 Å². The van der Waals surface area contributed by atoms with Crippen LogP contribution in [0.3, 0.4) is 0 Å². The molecule has 0 aliphatic heterocycles. The Balaban J connectivity index is 2.77. The number of hydrogen-bond acceptors (Lipinski definition) is 3. The van der Waals surface area contributed by atoms with Crippen LogP contribution in [0.1, 0.15) is 60.7 Å². The molecule has 1 atom stereocenters. The van der Waals surface area contributed by atoms with Gasteiger partial charge in [0.15, 0.2) is 0 Å². The van der Waals surface area contributed by atoms with Crippen molar-refractivity contribution in [1.82, 2.24) is 20.1 Å². The van der Waals surface area contributed by atoms with E-state index in [0.717, 1.165) is 31.8 Å². The summed E-state index contributed by atoms with van der Waals surface area (Å²) in [6.07, 6.45) is 3.76. The summed E-state index contributed by atoms with van der Waals surface area (Å²) in [7, 11) is 0. The molecule has 0 amide bonds. The van der Waals surface area contributed by atoms with Crippen LogP contribution in [0.2, 0.25) is 0 Å². The Morgan fingerprint density at radius 1 is 1.20 bits per heavy atom. The molecule has 0 fully saturated rings. The normalized spacial score (nSPS) is 14.6. The smallest absolute Gasteiger partial charge is 0.138 e. The van der Waals surface area contributed by atoms with Gasteiger partial charge in [0.1, 0.15) is 12.2 Å². The lowest BCUT2D eigenvalue weighted by molar-refractivity contribution is 0.209. The van der Waals surface area contributed by atoms with Gasteiger partial charge in [0.25, 0.3) is 0 Å². The van der Waals surface area contributed by atoms with Gasteiger partial charge in [0.2, 0.25) is 0 Å². The van der Waals surface area contributed by atoms with Crippen LogP contribution in [0, 0.1) is 11.3 Å². The highest BCUT2D eigenvalue weighted by molar-refractivity contribution is 4.92. The minimum Gasteiger partial charge on any atom is -0.312 e. The highest BCUT2D eigenvalue weighted by Crippen LogP contribution is 2.28. The lowest BCUT2D eigenvalue weighted by Gasteiger charge is -2.33. The second kappa shape index (κ2) is 6.70. The zero-order valence-corrected chi connectivity index (χ0v) is 14.3. The predicted octanol–water partition coefficient (Wildman–Crippen LogP) is 3.28. The molecule has 0 spiro atoms. The molecule has 1 aromatic rings. The number of aryl methyl sites for hydroxylation is 1. The van der Waals surface area contributed by atoms with Crippen molar-refractivity contribution in [2.45, 2.75) is 73.4 Å². The van der Waals surface area contributed by atoms with Crippen LogP contribution in [0.15, 0.2) is 6.33 Å². The molecule has 0 saturated carbocycles. The quantitative estimate of drug-likeness (QED) is 0.869. The largest absolute Gasteiger partial charge is 0.312 e. The van der Waals surface area contributed by atoms with Crippen LogP contribution in [-0.4, -0.2) is 26.8 Å². The van der Waals surface area contributed by atoms with Crippen LogP contribution in [0.5, 0.6) is 0 Å². The third-order valence-electron chi connectivity index (χ3n) is 3.66. The maximum Gasteiger partial charge on any atom is 0.138 e. The Hall–Kier alpha value is -0.900. The molecule has 0 saturated heterocycles. The highest BCUT2D eigenvalue weighted by atomic mass is 15.3. The summed E-state index contributed by atoms with van der Waals surface area (Å²) in [5.74, 6) is 1.66. The van der Waals surface area contributed by atoms with Crippen molar-refractivity contribution in [2.75, 3.05) is 6.54 Å². The van der Waals surface area contributed by atoms with Gasteiger partial charge in [-0.05, 0) is 45.1 Å². The first-order valence-electron chi connectivity index (χ1n) is 7.75. The third kappa shape index (κ3) is 5.61. The maximum absolute atomic E-state index is 4.46. The van der Waals surface area contributed by atoms with Gasteiger partial charge in [-0.15, -0.1) is 0 Å². The first kappa shape index (κ1) is 17.2. The molecule has 0 aromatic carbocycles. The van der Waals surface area contributed by atoms with Gasteiger partial charge in [-0.3, -0.25) is 4.68 Å². The Bertz CT molecular complexity index is 395. The molecule has 0 radical (unpaired) electrons. The monoisotopic (exact) mass is 280 g/mol. The van der Waals surface area contributed by atoms with E-state index in [1.54, 1.807) is 6.33 Å². The fourth-order valence-corrected chi connectivity index (χ4v) is 2.18. The van der Waals surface area contributed by atoms with Crippen molar-refractivity contribution < 1.29 is 0 Å². The average Bonchev–Trinajstić information content (AvgIpc) is 2.69. The van der Waals surface area contributed by atoms with Crippen LogP contribution in [-0.2, 0) is 13.0 Å². The molecule has 0 aliphatic carbocycles. The van der Waals surface area contributed by atoms with Gasteiger partial charge < -0.3 is 5.32 Å². The Kier molecular flexibility index (Phi) is 5.75. The van der Waals surface area contributed by atoms with E-state index < -0.39 is 0 Å². The zero-order valence-electron chi connectivity index (χ0n) is 14.3. The Morgan fingerprint density at radius 3 is 2.35 bits per heavy atom. The van der Waals surface area contributed by atoms with Crippen molar-refractivity contribution in [3.63, 3.8) is 0 Å². The lowest BCUT2D eigenvalue weighted by Crippen LogP contribution is -2.43. The van der Waals surface area contributed by atoms with Crippen LogP contribution in [0.4, 0.5) is 0 Å². The van der Waals surface area contributed by atoms with Gasteiger partial charge in [-0.2, -0.15) is 5.10 Å². The molecular formula is C16H32N4. The molecule has 4 heteroatoms. The van der Waals surface area contributed by atoms with Gasteiger partial charge in [0, 0.05) is 18.5 Å². The van der Waals surface area contributed by atoms with E-state index in [-0.39, 0.29) is 11.0 Å². The van der Waals surface area contributed by atoms with Crippen molar-refractivity contribution in [3.8, 4) is 0 Å². The second-order valence-electron chi connectivity index (χ2n) is 7.80. The minimum atomic E-state index is 0.153. The fraction of sp³-hybridized carbons (Fsp3) is 0.875. The molecule has 20 heavy (non-hydrogen) atoms. The van der Waals surface area contributed by atoms with Crippen molar-refractivity contribution in [2.24, 2.45) is 11.3 Å². The number of nitrogens with one attached hydrogen (secondary N) is 1. The molecule has 4 nitrogen and oxygen atoms in total. The summed E-state index contributed by atoms with van der Waals surface area (Å²) in [5.41, 5.74) is 0.405. The number of aromatic nitrogens is 3. The van der Waals surface area contributed by atoms with Crippen LogP contribution in [0.25, 0.3) is 0 Å². The van der Waals surface area contributed by atoms with E-state index in [1.807, 2.05) is 0 Å². The third-order valence-corrected chi connectivity index (χ3v) is 3.66. The standard InChI is InChI=1S/C16H32N4/c1-8-9-20-14(17-12-19-20)10-13(15(2,3)4)11-18-16(5,6)7/h12-13,18H,8-11H2,1-7H3. The van der Waals surface area contributed by atoms with E-state index in [4.69, 9.17) is 0 Å². The summed E-state index contributed by atoms with van der Waals surface area (Å²) in [4.78, 5) is 4.46. The Labute approximate surface area is 124 Å². The number of hydrogen-bond donors (Lipinski definition) is 1. The predicted molar refractivity (Wildman–Crippen MR) is 84.7 cm³/mol. The lowest BCUT2D eigenvalue weighted by atomic mass is 9.78. The maximum atomic E-state index is 4.46. The molecule has 0 bridgehead atoms. The minimum absolute atomic E-state index is 0.153. The zero-order chi connectivity index (χ0) is 15.4. The molecule has 1 unspecified atom stereocenters. The molecule has 116 valence electrons. The van der Waals surface area contributed by atoms with E-state index >= 15 is 0 Å². The van der Waals surface area contributed by atoms with Gasteiger partial charge in [-0.25, -0.2) is 4.98 Å². The molecule has 1 aromatic heterocycles. The summed E-state index contributed by atoms with van der Waals surface area (Å²) < 4.78 is 2.05.